The highest BCUT2D eigenvalue weighted by molar-refractivity contribution is 6.01. The van der Waals surface area contributed by atoms with Crippen LogP contribution in [0.2, 0.25) is 0 Å². The van der Waals surface area contributed by atoms with Crippen LogP contribution in [-0.2, 0) is 16.1 Å². The van der Waals surface area contributed by atoms with E-state index < -0.39 is 5.92 Å². The second kappa shape index (κ2) is 6.52. The summed E-state index contributed by atoms with van der Waals surface area (Å²) < 4.78 is 5.28. The molecule has 2 aromatic rings. The molecule has 1 heterocycles. The first-order valence-electron chi connectivity index (χ1n) is 7.47. The van der Waals surface area contributed by atoms with Crippen LogP contribution in [-0.4, -0.2) is 18.9 Å². The van der Waals surface area contributed by atoms with Crippen LogP contribution in [0.15, 0.2) is 48.5 Å². The molecule has 5 nitrogen and oxygen atoms in total. The summed E-state index contributed by atoms with van der Waals surface area (Å²) in [6.07, 6.45) is 0.161. The number of carbonyl (C=O) groups excluding carboxylic acids is 2. The van der Waals surface area contributed by atoms with Crippen LogP contribution in [0.25, 0.3) is 0 Å². The molecule has 23 heavy (non-hydrogen) atoms. The Balaban J connectivity index is 1.75. The molecule has 1 aliphatic heterocycles. The zero-order chi connectivity index (χ0) is 16.2. The summed E-state index contributed by atoms with van der Waals surface area (Å²) in [5.41, 5.74) is 2.46. The molecule has 0 bridgehead atoms. The Hall–Kier alpha value is -2.82. The fourth-order valence-corrected chi connectivity index (χ4v) is 2.80. The van der Waals surface area contributed by atoms with E-state index in [1.807, 2.05) is 48.5 Å². The van der Waals surface area contributed by atoms with Gasteiger partial charge in [0.25, 0.3) is 0 Å². The van der Waals surface area contributed by atoms with Crippen LogP contribution in [0.3, 0.4) is 0 Å². The van der Waals surface area contributed by atoms with Gasteiger partial charge in [-0.1, -0.05) is 36.4 Å². The van der Waals surface area contributed by atoms with Gasteiger partial charge in [0, 0.05) is 24.2 Å². The van der Waals surface area contributed by atoms with Crippen LogP contribution < -0.4 is 15.4 Å². The van der Waals surface area contributed by atoms with Gasteiger partial charge in [0.05, 0.1) is 13.0 Å². The average molecular weight is 310 g/mol. The molecule has 1 aliphatic rings. The number of carbonyl (C=O) groups is 2. The maximum absolute atomic E-state index is 12.5. The van der Waals surface area contributed by atoms with Crippen LogP contribution in [0.5, 0.6) is 5.75 Å². The molecule has 2 amide bonds. The van der Waals surface area contributed by atoms with Crippen molar-refractivity contribution >= 4 is 17.5 Å². The standard InChI is InChI=1S/C18H18N2O3/c1-23-16-9-5-2-6-12(16)11-19-18(22)14-10-17(21)20-15-8-4-3-7-13(14)15/h2-9,14H,10-11H2,1H3,(H,19,22)(H,20,21). The number of methoxy groups -OCH3 is 1. The molecule has 118 valence electrons. The molecule has 1 unspecified atom stereocenters. The second-order valence-electron chi connectivity index (χ2n) is 5.42. The number of fused-ring (bicyclic) bond motifs is 1. The van der Waals surface area contributed by atoms with Crippen molar-refractivity contribution in [2.75, 3.05) is 12.4 Å². The highest BCUT2D eigenvalue weighted by Gasteiger charge is 2.30. The molecular weight excluding hydrogens is 292 g/mol. The number of nitrogens with one attached hydrogen (secondary N) is 2. The lowest BCUT2D eigenvalue weighted by Crippen LogP contribution is -2.34. The molecule has 2 N–H and O–H groups in total. The maximum atomic E-state index is 12.5. The van der Waals surface area contributed by atoms with Crippen molar-refractivity contribution < 1.29 is 14.3 Å². The van der Waals surface area contributed by atoms with Gasteiger partial charge in [-0.3, -0.25) is 9.59 Å². The SMILES string of the molecule is COc1ccccc1CNC(=O)C1CC(=O)Nc2ccccc21. The average Bonchev–Trinajstić information content (AvgIpc) is 2.59. The van der Waals surface area contributed by atoms with Gasteiger partial charge in [-0.15, -0.1) is 0 Å². The zero-order valence-electron chi connectivity index (χ0n) is 12.8. The maximum Gasteiger partial charge on any atom is 0.228 e. The third kappa shape index (κ3) is 3.18. The van der Waals surface area contributed by atoms with E-state index in [0.717, 1.165) is 16.9 Å². The highest BCUT2D eigenvalue weighted by Crippen LogP contribution is 2.32. The lowest BCUT2D eigenvalue weighted by atomic mass is 9.90. The third-order valence-electron chi connectivity index (χ3n) is 3.96. The Bertz CT molecular complexity index is 743. The molecule has 0 fully saturated rings. The van der Waals surface area contributed by atoms with E-state index in [2.05, 4.69) is 10.6 Å². The number of hydrogen-bond donors (Lipinski definition) is 2. The summed E-state index contributed by atoms with van der Waals surface area (Å²) in [6.45, 7) is 0.364. The Morgan fingerprint density at radius 2 is 1.96 bits per heavy atom. The molecule has 0 radical (unpaired) electrons. The van der Waals surface area contributed by atoms with Crippen molar-refractivity contribution in [1.29, 1.82) is 0 Å². The van der Waals surface area contributed by atoms with Gasteiger partial charge in [-0.25, -0.2) is 0 Å². The second-order valence-corrected chi connectivity index (χ2v) is 5.42. The number of rotatable bonds is 4. The predicted molar refractivity (Wildman–Crippen MR) is 87.3 cm³/mol. The van der Waals surface area contributed by atoms with Crippen molar-refractivity contribution in [2.24, 2.45) is 0 Å². The summed E-state index contributed by atoms with van der Waals surface area (Å²) in [5, 5.41) is 5.70. The van der Waals surface area contributed by atoms with Crippen molar-refractivity contribution in [1.82, 2.24) is 5.32 Å². The van der Waals surface area contributed by atoms with Gasteiger partial charge in [0.15, 0.2) is 0 Å². The molecule has 0 aromatic heterocycles. The number of para-hydroxylation sites is 2. The topological polar surface area (TPSA) is 67.4 Å². The molecular formula is C18H18N2O3. The number of hydrogen-bond acceptors (Lipinski definition) is 3. The van der Waals surface area contributed by atoms with E-state index in [-0.39, 0.29) is 18.2 Å². The molecule has 0 aliphatic carbocycles. The van der Waals surface area contributed by atoms with Gasteiger partial charge < -0.3 is 15.4 Å². The van der Waals surface area contributed by atoms with Gasteiger partial charge >= 0.3 is 0 Å². The van der Waals surface area contributed by atoms with Crippen LogP contribution >= 0.6 is 0 Å². The highest BCUT2D eigenvalue weighted by atomic mass is 16.5. The van der Waals surface area contributed by atoms with E-state index in [9.17, 15) is 9.59 Å². The minimum absolute atomic E-state index is 0.138. The fourth-order valence-electron chi connectivity index (χ4n) is 2.80. The van der Waals surface area contributed by atoms with Crippen molar-refractivity contribution in [2.45, 2.75) is 18.9 Å². The number of anilines is 1. The minimum atomic E-state index is -0.463. The molecule has 3 rings (SSSR count). The Labute approximate surface area is 134 Å². The summed E-state index contributed by atoms with van der Waals surface area (Å²) in [7, 11) is 1.60. The van der Waals surface area contributed by atoms with Crippen LogP contribution in [0.1, 0.15) is 23.5 Å². The zero-order valence-corrected chi connectivity index (χ0v) is 12.8. The first-order valence-corrected chi connectivity index (χ1v) is 7.47. The van der Waals surface area contributed by atoms with Gasteiger partial charge in [0.1, 0.15) is 5.75 Å². The molecule has 5 heteroatoms. The summed E-state index contributed by atoms with van der Waals surface area (Å²) in [4.78, 5) is 24.4. The largest absolute Gasteiger partial charge is 0.496 e. The van der Waals surface area contributed by atoms with E-state index >= 15 is 0 Å². The smallest absolute Gasteiger partial charge is 0.228 e. The molecule has 0 saturated heterocycles. The molecule has 0 saturated carbocycles. The fraction of sp³-hybridized carbons (Fsp3) is 0.222. The Morgan fingerprint density at radius 3 is 2.78 bits per heavy atom. The van der Waals surface area contributed by atoms with E-state index in [1.165, 1.54) is 0 Å². The summed E-state index contributed by atoms with van der Waals surface area (Å²) >= 11 is 0. The molecule has 2 aromatic carbocycles. The van der Waals surface area contributed by atoms with Crippen LogP contribution in [0, 0.1) is 0 Å². The minimum Gasteiger partial charge on any atom is -0.496 e. The first-order chi connectivity index (χ1) is 11.2. The van der Waals surface area contributed by atoms with E-state index in [0.29, 0.717) is 12.2 Å². The number of amides is 2. The summed E-state index contributed by atoms with van der Waals surface area (Å²) in [5.74, 6) is -0.0245. The predicted octanol–water partition coefficient (Wildman–Crippen LogP) is 2.44. The molecule has 1 atom stereocenters. The summed E-state index contributed by atoms with van der Waals surface area (Å²) in [6, 6.07) is 14.9. The molecule has 0 spiro atoms. The van der Waals surface area contributed by atoms with E-state index in [1.54, 1.807) is 7.11 Å². The van der Waals surface area contributed by atoms with Crippen molar-refractivity contribution in [3.63, 3.8) is 0 Å². The van der Waals surface area contributed by atoms with Crippen LogP contribution in [0.4, 0.5) is 5.69 Å². The Morgan fingerprint density at radius 1 is 1.22 bits per heavy atom. The first kappa shape index (κ1) is 15.1. The quantitative estimate of drug-likeness (QED) is 0.911. The van der Waals surface area contributed by atoms with Gasteiger partial charge in [0.2, 0.25) is 11.8 Å². The monoisotopic (exact) mass is 310 g/mol. The van der Waals surface area contributed by atoms with Gasteiger partial charge in [-0.2, -0.15) is 0 Å². The van der Waals surface area contributed by atoms with Crippen molar-refractivity contribution in [3.05, 3.63) is 59.7 Å². The number of ether oxygens (including phenoxy) is 1. The van der Waals surface area contributed by atoms with E-state index in [4.69, 9.17) is 4.74 Å². The third-order valence-corrected chi connectivity index (χ3v) is 3.96. The number of benzene rings is 2. The lowest BCUT2D eigenvalue weighted by Gasteiger charge is -2.24. The van der Waals surface area contributed by atoms with Crippen molar-refractivity contribution in [3.8, 4) is 5.75 Å². The lowest BCUT2D eigenvalue weighted by molar-refractivity contribution is -0.126. The van der Waals surface area contributed by atoms with Gasteiger partial charge in [-0.05, 0) is 17.7 Å². The normalized spacial score (nSPS) is 16.2. The Kier molecular flexibility index (Phi) is 4.28.